The Kier molecular flexibility index (Phi) is 5.78. The van der Waals surface area contributed by atoms with E-state index in [0.717, 1.165) is 0 Å². The molecule has 4 N–H and O–H groups in total. The molecule has 0 bridgehead atoms. The second kappa shape index (κ2) is 6.12. The zero-order valence-corrected chi connectivity index (χ0v) is 7.18. The molecule has 0 fully saturated rings. The molecule has 1 unspecified atom stereocenters. The van der Waals surface area contributed by atoms with Crippen molar-refractivity contribution in [2.45, 2.75) is 19.9 Å². The lowest BCUT2D eigenvalue weighted by Gasteiger charge is -2.09. The third-order valence-corrected chi connectivity index (χ3v) is 1.34. The zero-order chi connectivity index (χ0) is 8.69. The third kappa shape index (κ3) is 5.82. The van der Waals surface area contributed by atoms with Gasteiger partial charge in [0.15, 0.2) is 0 Å². The summed E-state index contributed by atoms with van der Waals surface area (Å²) in [7, 11) is 0. The quantitative estimate of drug-likeness (QED) is 0.485. The maximum atomic E-state index is 10.8. The average molecular weight is 159 g/mol. The van der Waals surface area contributed by atoms with Crippen molar-refractivity contribution < 1.29 is 4.79 Å². The smallest absolute Gasteiger partial charge is 0.233 e. The molecule has 66 valence electrons. The molecule has 0 aromatic heterocycles. The van der Waals surface area contributed by atoms with Crippen molar-refractivity contribution in [1.29, 1.82) is 0 Å². The molecule has 4 nitrogen and oxygen atoms in total. The number of nitrogens with two attached hydrogens (primary N) is 1. The highest BCUT2D eigenvalue weighted by atomic mass is 16.1. The Balaban J connectivity index is 3.30. The number of carbonyl (C=O) groups is 1. The van der Waals surface area contributed by atoms with Gasteiger partial charge in [-0.25, -0.2) is 0 Å². The normalized spacial score (nSPS) is 12.6. The van der Waals surface area contributed by atoms with Crippen molar-refractivity contribution in [2.24, 2.45) is 5.73 Å². The van der Waals surface area contributed by atoms with E-state index >= 15 is 0 Å². The second-order valence-electron chi connectivity index (χ2n) is 2.47. The summed E-state index contributed by atoms with van der Waals surface area (Å²) < 4.78 is 0. The van der Waals surface area contributed by atoms with Crippen molar-refractivity contribution in [3.8, 4) is 0 Å². The summed E-state index contributed by atoms with van der Waals surface area (Å²) in [5.41, 5.74) is 5.34. The lowest BCUT2D eigenvalue weighted by atomic mass is 10.3. The molecule has 0 aromatic rings. The van der Waals surface area contributed by atoms with E-state index in [1.807, 2.05) is 13.8 Å². The van der Waals surface area contributed by atoms with Crippen LogP contribution < -0.4 is 16.4 Å². The summed E-state index contributed by atoms with van der Waals surface area (Å²) in [6, 6.07) is 0.206. The molecule has 0 aromatic carbocycles. The first kappa shape index (κ1) is 10.4. The number of hydrogen-bond donors (Lipinski definition) is 3. The van der Waals surface area contributed by atoms with Gasteiger partial charge in [-0.1, -0.05) is 0 Å². The molecule has 0 heterocycles. The third-order valence-electron chi connectivity index (χ3n) is 1.34. The molecular weight excluding hydrogens is 142 g/mol. The maximum Gasteiger partial charge on any atom is 0.233 e. The van der Waals surface area contributed by atoms with E-state index in [-0.39, 0.29) is 11.9 Å². The van der Waals surface area contributed by atoms with E-state index < -0.39 is 0 Å². The van der Waals surface area contributed by atoms with Crippen LogP contribution in [0.5, 0.6) is 0 Å². The Morgan fingerprint density at radius 2 is 2.27 bits per heavy atom. The van der Waals surface area contributed by atoms with Crippen LogP contribution in [0.1, 0.15) is 13.8 Å². The van der Waals surface area contributed by atoms with Crippen LogP contribution >= 0.6 is 0 Å². The minimum atomic E-state index is 0.0211. The lowest BCUT2D eigenvalue weighted by Crippen LogP contribution is -2.40. The van der Waals surface area contributed by atoms with E-state index in [9.17, 15) is 4.79 Å². The lowest BCUT2D eigenvalue weighted by molar-refractivity contribution is -0.120. The van der Waals surface area contributed by atoms with Gasteiger partial charge in [-0.3, -0.25) is 4.79 Å². The van der Waals surface area contributed by atoms with E-state index in [0.29, 0.717) is 19.6 Å². The average Bonchev–Trinajstić information content (AvgIpc) is 2.01. The summed E-state index contributed by atoms with van der Waals surface area (Å²) in [6.07, 6.45) is 0. The predicted octanol–water partition coefficient (Wildman–Crippen LogP) is -0.941. The molecule has 0 aliphatic heterocycles. The first-order valence-electron chi connectivity index (χ1n) is 3.90. The van der Waals surface area contributed by atoms with Crippen LogP contribution in [0.15, 0.2) is 0 Å². The van der Waals surface area contributed by atoms with Crippen LogP contribution in [-0.4, -0.2) is 31.6 Å². The van der Waals surface area contributed by atoms with Crippen molar-refractivity contribution in [2.75, 3.05) is 19.6 Å². The fourth-order valence-electron chi connectivity index (χ4n) is 0.610. The zero-order valence-electron chi connectivity index (χ0n) is 7.18. The second-order valence-corrected chi connectivity index (χ2v) is 2.47. The molecule has 0 rings (SSSR count). The maximum absolute atomic E-state index is 10.8. The van der Waals surface area contributed by atoms with Crippen LogP contribution in [0.25, 0.3) is 0 Å². The summed E-state index contributed by atoms with van der Waals surface area (Å²) in [5, 5.41) is 5.66. The standard InChI is InChI=1S/C7H17N3O/c1-3-9-7(11)5-10-6(2)4-8/h6,10H,3-5,8H2,1-2H3,(H,9,11). The Labute approximate surface area is 67.5 Å². The van der Waals surface area contributed by atoms with Crippen LogP contribution in [0, 0.1) is 0 Å². The molecule has 0 saturated carbocycles. The largest absolute Gasteiger partial charge is 0.355 e. The predicted molar refractivity (Wildman–Crippen MR) is 45.2 cm³/mol. The molecule has 1 atom stereocenters. The van der Waals surface area contributed by atoms with Crippen molar-refractivity contribution >= 4 is 5.91 Å². The number of amides is 1. The Bertz CT molecular complexity index is 116. The molecule has 4 heteroatoms. The van der Waals surface area contributed by atoms with Gasteiger partial charge in [0.05, 0.1) is 6.54 Å². The Hall–Kier alpha value is -0.610. The van der Waals surface area contributed by atoms with Gasteiger partial charge >= 0.3 is 0 Å². The highest BCUT2D eigenvalue weighted by Gasteiger charge is 2.01. The molecule has 0 radical (unpaired) electrons. The number of carbonyl (C=O) groups excluding carboxylic acids is 1. The minimum absolute atomic E-state index is 0.0211. The summed E-state index contributed by atoms with van der Waals surface area (Å²) in [4.78, 5) is 10.8. The monoisotopic (exact) mass is 159 g/mol. The Morgan fingerprint density at radius 3 is 2.73 bits per heavy atom. The van der Waals surface area contributed by atoms with Gasteiger partial charge in [0.1, 0.15) is 0 Å². The van der Waals surface area contributed by atoms with Crippen molar-refractivity contribution in [3.05, 3.63) is 0 Å². The van der Waals surface area contributed by atoms with Gasteiger partial charge in [0.2, 0.25) is 5.91 Å². The van der Waals surface area contributed by atoms with E-state index in [2.05, 4.69) is 10.6 Å². The summed E-state index contributed by atoms with van der Waals surface area (Å²) in [6.45, 7) is 5.42. The molecule has 0 aliphatic rings. The minimum Gasteiger partial charge on any atom is -0.355 e. The van der Waals surface area contributed by atoms with E-state index in [4.69, 9.17) is 5.73 Å². The van der Waals surface area contributed by atoms with E-state index in [1.165, 1.54) is 0 Å². The topological polar surface area (TPSA) is 67.2 Å². The first-order chi connectivity index (χ1) is 5.20. The summed E-state index contributed by atoms with van der Waals surface area (Å²) >= 11 is 0. The fourth-order valence-corrected chi connectivity index (χ4v) is 0.610. The molecule has 1 amide bonds. The Morgan fingerprint density at radius 1 is 1.64 bits per heavy atom. The van der Waals surface area contributed by atoms with Gasteiger partial charge in [0.25, 0.3) is 0 Å². The fraction of sp³-hybridized carbons (Fsp3) is 0.857. The highest BCUT2D eigenvalue weighted by molar-refractivity contribution is 5.77. The summed E-state index contributed by atoms with van der Waals surface area (Å²) in [5.74, 6) is 0.0211. The SMILES string of the molecule is CCNC(=O)CNC(C)CN. The number of likely N-dealkylation sites (N-methyl/N-ethyl adjacent to an activating group) is 1. The molecular formula is C7H17N3O. The number of hydrogen-bond acceptors (Lipinski definition) is 3. The first-order valence-corrected chi connectivity index (χ1v) is 3.90. The molecule has 0 aliphatic carbocycles. The molecule has 0 saturated heterocycles. The van der Waals surface area contributed by atoms with Gasteiger partial charge in [0, 0.05) is 19.1 Å². The highest BCUT2D eigenvalue weighted by Crippen LogP contribution is 1.74. The van der Waals surface area contributed by atoms with Crippen molar-refractivity contribution in [3.63, 3.8) is 0 Å². The van der Waals surface area contributed by atoms with Crippen LogP contribution in [0.3, 0.4) is 0 Å². The van der Waals surface area contributed by atoms with Gasteiger partial charge in [-0.2, -0.15) is 0 Å². The van der Waals surface area contributed by atoms with Crippen LogP contribution in [-0.2, 0) is 4.79 Å². The van der Waals surface area contributed by atoms with E-state index in [1.54, 1.807) is 0 Å². The van der Waals surface area contributed by atoms with Crippen LogP contribution in [0.2, 0.25) is 0 Å². The number of rotatable bonds is 5. The number of nitrogens with one attached hydrogen (secondary N) is 2. The van der Waals surface area contributed by atoms with Crippen LogP contribution in [0.4, 0.5) is 0 Å². The van der Waals surface area contributed by atoms with Gasteiger partial charge in [-0.15, -0.1) is 0 Å². The van der Waals surface area contributed by atoms with Gasteiger partial charge < -0.3 is 16.4 Å². The molecule has 0 spiro atoms. The van der Waals surface area contributed by atoms with Gasteiger partial charge in [-0.05, 0) is 13.8 Å². The molecule has 11 heavy (non-hydrogen) atoms. The van der Waals surface area contributed by atoms with Crippen molar-refractivity contribution in [1.82, 2.24) is 10.6 Å².